The molecule has 0 aliphatic carbocycles. The SMILES string of the molecule is CC[C@H](NC(=O)c1c(C)c(C)n[nH]c1=O)C(=O)O. The molecule has 1 aromatic heterocycles. The van der Waals surface area contributed by atoms with Crippen LogP contribution in [0.4, 0.5) is 0 Å². The zero-order valence-electron chi connectivity index (χ0n) is 10.4. The van der Waals surface area contributed by atoms with E-state index in [1.54, 1.807) is 20.8 Å². The highest BCUT2D eigenvalue weighted by Gasteiger charge is 2.22. The number of carbonyl (C=O) groups excluding carboxylic acids is 1. The van der Waals surface area contributed by atoms with Gasteiger partial charge in [0, 0.05) is 0 Å². The van der Waals surface area contributed by atoms with Gasteiger partial charge in [-0.05, 0) is 25.8 Å². The molecule has 1 rings (SSSR count). The molecule has 0 aromatic carbocycles. The summed E-state index contributed by atoms with van der Waals surface area (Å²) in [5, 5.41) is 17.1. The van der Waals surface area contributed by atoms with Crippen LogP contribution in [0.3, 0.4) is 0 Å². The summed E-state index contributed by atoms with van der Waals surface area (Å²) in [6.07, 6.45) is 0.238. The molecule has 18 heavy (non-hydrogen) atoms. The largest absolute Gasteiger partial charge is 0.480 e. The zero-order chi connectivity index (χ0) is 13.9. The molecule has 98 valence electrons. The molecule has 3 N–H and O–H groups in total. The fraction of sp³-hybridized carbons (Fsp3) is 0.455. The summed E-state index contributed by atoms with van der Waals surface area (Å²) in [6.45, 7) is 4.87. The van der Waals surface area contributed by atoms with E-state index in [1.807, 2.05) is 0 Å². The Kier molecular flexibility index (Phi) is 4.19. The number of aromatic amines is 1. The Morgan fingerprint density at radius 3 is 2.56 bits per heavy atom. The van der Waals surface area contributed by atoms with Crippen LogP contribution in [0.5, 0.6) is 0 Å². The van der Waals surface area contributed by atoms with Crippen LogP contribution in [0.25, 0.3) is 0 Å². The number of carboxylic acids is 1. The quantitative estimate of drug-likeness (QED) is 0.698. The number of H-pyrrole nitrogens is 1. The normalized spacial score (nSPS) is 11.9. The lowest BCUT2D eigenvalue weighted by atomic mass is 10.1. The maximum atomic E-state index is 11.9. The number of rotatable bonds is 4. The van der Waals surface area contributed by atoms with Crippen LogP contribution in [0.15, 0.2) is 4.79 Å². The third-order valence-corrected chi connectivity index (χ3v) is 2.71. The second kappa shape index (κ2) is 5.44. The molecule has 1 amide bonds. The van der Waals surface area contributed by atoms with Gasteiger partial charge in [0.2, 0.25) is 0 Å². The summed E-state index contributed by atoms with van der Waals surface area (Å²) < 4.78 is 0. The lowest BCUT2D eigenvalue weighted by Gasteiger charge is -2.13. The number of hydrogen-bond donors (Lipinski definition) is 3. The summed E-state index contributed by atoms with van der Waals surface area (Å²) in [4.78, 5) is 34.3. The van der Waals surface area contributed by atoms with Crippen LogP contribution in [0.1, 0.15) is 35.0 Å². The van der Waals surface area contributed by atoms with E-state index in [4.69, 9.17) is 5.11 Å². The van der Waals surface area contributed by atoms with Gasteiger partial charge < -0.3 is 10.4 Å². The highest BCUT2D eigenvalue weighted by Crippen LogP contribution is 2.05. The van der Waals surface area contributed by atoms with Gasteiger partial charge >= 0.3 is 5.97 Å². The molecule has 0 spiro atoms. The van der Waals surface area contributed by atoms with Gasteiger partial charge in [-0.2, -0.15) is 5.10 Å². The summed E-state index contributed by atoms with van der Waals surface area (Å²) >= 11 is 0. The molecule has 0 bridgehead atoms. The van der Waals surface area contributed by atoms with Gasteiger partial charge in [-0.15, -0.1) is 0 Å². The molecule has 0 saturated carbocycles. The average Bonchev–Trinajstić information content (AvgIpc) is 2.31. The maximum Gasteiger partial charge on any atom is 0.326 e. The Balaban J connectivity index is 3.09. The smallest absolute Gasteiger partial charge is 0.326 e. The number of aryl methyl sites for hydroxylation is 1. The molecule has 1 aromatic rings. The van der Waals surface area contributed by atoms with E-state index in [0.717, 1.165) is 0 Å². The van der Waals surface area contributed by atoms with E-state index in [9.17, 15) is 14.4 Å². The first-order valence-corrected chi connectivity index (χ1v) is 5.48. The van der Waals surface area contributed by atoms with E-state index in [2.05, 4.69) is 15.5 Å². The standard InChI is InChI=1S/C11H15N3O4/c1-4-7(11(17)18)12-9(15)8-5(2)6(3)13-14-10(8)16/h7H,4H2,1-3H3,(H,12,15)(H,14,16)(H,17,18)/t7-/m0/s1. The van der Waals surface area contributed by atoms with Crippen molar-refractivity contribution >= 4 is 11.9 Å². The minimum absolute atomic E-state index is 0.0952. The van der Waals surface area contributed by atoms with Gasteiger partial charge in [-0.25, -0.2) is 9.89 Å². The fourth-order valence-corrected chi connectivity index (χ4v) is 1.47. The van der Waals surface area contributed by atoms with E-state index in [0.29, 0.717) is 11.3 Å². The van der Waals surface area contributed by atoms with Crippen LogP contribution in [-0.4, -0.2) is 33.2 Å². The second-order valence-electron chi connectivity index (χ2n) is 3.91. The third-order valence-electron chi connectivity index (χ3n) is 2.71. The Morgan fingerprint density at radius 1 is 1.44 bits per heavy atom. The maximum absolute atomic E-state index is 11.9. The van der Waals surface area contributed by atoms with Crippen molar-refractivity contribution in [2.24, 2.45) is 0 Å². The molecule has 0 unspecified atom stereocenters. The number of nitrogens with zero attached hydrogens (tertiary/aromatic N) is 1. The molecule has 0 saturated heterocycles. The number of aliphatic carboxylic acids is 1. The highest BCUT2D eigenvalue weighted by atomic mass is 16.4. The summed E-state index contributed by atoms with van der Waals surface area (Å²) in [7, 11) is 0. The lowest BCUT2D eigenvalue weighted by Crippen LogP contribution is -2.42. The van der Waals surface area contributed by atoms with Crippen LogP contribution < -0.4 is 10.9 Å². The van der Waals surface area contributed by atoms with Crippen molar-refractivity contribution in [1.29, 1.82) is 0 Å². The van der Waals surface area contributed by atoms with Crippen LogP contribution in [-0.2, 0) is 4.79 Å². The van der Waals surface area contributed by atoms with Crippen LogP contribution in [0, 0.1) is 13.8 Å². The van der Waals surface area contributed by atoms with Crippen molar-refractivity contribution < 1.29 is 14.7 Å². The number of nitrogens with one attached hydrogen (secondary N) is 2. The molecule has 0 aliphatic heterocycles. The summed E-state index contributed by atoms with van der Waals surface area (Å²) in [5.74, 6) is -1.83. The van der Waals surface area contributed by atoms with Gasteiger partial charge in [-0.1, -0.05) is 6.92 Å². The number of amides is 1. The first-order valence-electron chi connectivity index (χ1n) is 5.48. The molecular formula is C11H15N3O4. The zero-order valence-corrected chi connectivity index (χ0v) is 10.4. The second-order valence-corrected chi connectivity index (χ2v) is 3.91. The molecule has 0 fully saturated rings. The van der Waals surface area contributed by atoms with Gasteiger partial charge in [0.05, 0.1) is 5.69 Å². The van der Waals surface area contributed by atoms with Crippen molar-refractivity contribution in [3.63, 3.8) is 0 Å². The number of aromatic nitrogens is 2. The van der Waals surface area contributed by atoms with E-state index in [-0.39, 0.29) is 12.0 Å². The van der Waals surface area contributed by atoms with Crippen molar-refractivity contribution in [2.75, 3.05) is 0 Å². The average molecular weight is 253 g/mol. The molecule has 0 radical (unpaired) electrons. The first-order chi connectivity index (χ1) is 8.38. The van der Waals surface area contributed by atoms with Crippen molar-refractivity contribution in [1.82, 2.24) is 15.5 Å². The van der Waals surface area contributed by atoms with E-state index >= 15 is 0 Å². The highest BCUT2D eigenvalue weighted by molar-refractivity contribution is 5.97. The van der Waals surface area contributed by atoms with Gasteiger partial charge in [-0.3, -0.25) is 9.59 Å². The van der Waals surface area contributed by atoms with Crippen molar-refractivity contribution in [3.05, 3.63) is 27.2 Å². The molecule has 1 heterocycles. The molecule has 0 aliphatic rings. The first kappa shape index (κ1) is 13.9. The topological polar surface area (TPSA) is 112 Å². The molecular weight excluding hydrogens is 238 g/mol. The van der Waals surface area contributed by atoms with Gasteiger partial charge in [0.25, 0.3) is 11.5 Å². The fourth-order valence-electron chi connectivity index (χ4n) is 1.47. The lowest BCUT2D eigenvalue weighted by molar-refractivity contribution is -0.139. The van der Waals surface area contributed by atoms with Crippen molar-refractivity contribution in [3.8, 4) is 0 Å². The van der Waals surface area contributed by atoms with Gasteiger partial charge in [0.15, 0.2) is 0 Å². The Morgan fingerprint density at radius 2 is 2.06 bits per heavy atom. The molecule has 7 heteroatoms. The van der Waals surface area contributed by atoms with Crippen LogP contribution >= 0.6 is 0 Å². The number of carbonyl (C=O) groups is 2. The van der Waals surface area contributed by atoms with E-state index < -0.39 is 23.5 Å². The predicted molar refractivity (Wildman–Crippen MR) is 63.5 cm³/mol. The monoisotopic (exact) mass is 253 g/mol. The Hall–Kier alpha value is -2.18. The third kappa shape index (κ3) is 2.73. The minimum Gasteiger partial charge on any atom is -0.480 e. The van der Waals surface area contributed by atoms with Crippen molar-refractivity contribution in [2.45, 2.75) is 33.2 Å². The van der Waals surface area contributed by atoms with E-state index in [1.165, 1.54) is 0 Å². The summed E-state index contributed by atoms with van der Waals surface area (Å²) in [5.41, 5.74) is 0.234. The minimum atomic E-state index is -1.13. The van der Waals surface area contributed by atoms with Gasteiger partial charge in [0.1, 0.15) is 11.6 Å². The molecule has 7 nitrogen and oxygen atoms in total. The van der Waals surface area contributed by atoms with Crippen LogP contribution in [0.2, 0.25) is 0 Å². The number of carboxylic acid groups (broad SMARTS) is 1. The summed E-state index contributed by atoms with van der Waals surface area (Å²) in [6, 6.07) is -1.01. The number of hydrogen-bond acceptors (Lipinski definition) is 4. The predicted octanol–water partition coefficient (Wildman–Crippen LogP) is -0.0203. The Bertz CT molecular complexity index is 536. The molecule has 1 atom stereocenters. The Labute approximate surface area is 103 Å².